The highest BCUT2D eigenvalue weighted by molar-refractivity contribution is 9.10. The molecule has 1 fully saturated rings. The van der Waals surface area contributed by atoms with E-state index in [0.717, 1.165) is 41.7 Å². The average Bonchev–Trinajstić information content (AvgIpc) is 2.90. The third-order valence-corrected chi connectivity index (χ3v) is 5.20. The predicted octanol–water partition coefficient (Wildman–Crippen LogP) is 2.83. The molecule has 2 aromatic rings. The maximum absolute atomic E-state index is 11.8. The number of halogens is 1. The number of piperidine rings is 1. The molecular weight excluding hydrogens is 360 g/mol. The third-order valence-electron chi connectivity index (χ3n) is 4.63. The summed E-state index contributed by atoms with van der Waals surface area (Å²) in [7, 11) is 1.46. The monoisotopic (exact) mass is 380 g/mol. The highest BCUT2D eigenvalue weighted by Gasteiger charge is 2.32. The minimum absolute atomic E-state index is 0.0201. The lowest BCUT2D eigenvalue weighted by atomic mass is 9.91. The van der Waals surface area contributed by atoms with E-state index in [1.165, 1.54) is 12.7 Å². The number of anilines is 1. The Bertz CT molecular complexity index is 730. The van der Waals surface area contributed by atoms with E-state index >= 15 is 0 Å². The molecule has 124 valence electrons. The molecule has 3 heterocycles. The van der Waals surface area contributed by atoms with Crippen LogP contribution in [0.5, 0.6) is 0 Å². The minimum Gasteiger partial charge on any atom is -0.469 e. The molecule has 0 spiro atoms. The van der Waals surface area contributed by atoms with Crippen LogP contribution in [0.2, 0.25) is 0 Å². The van der Waals surface area contributed by atoms with Gasteiger partial charge in [-0.3, -0.25) is 4.79 Å². The minimum atomic E-state index is -0.107. The number of ether oxygens (including phenoxy) is 1. The number of hydrogen-bond donors (Lipinski definition) is 0. The van der Waals surface area contributed by atoms with Crippen molar-refractivity contribution in [2.75, 3.05) is 18.6 Å². The highest BCUT2D eigenvalue weighted by atomic mass is 79.9. The normalized spacial score (nSPS) is 21.7. The molecule has 0 saturated carbocycles. The van der Waals surface area contributed by atoms with Crippen molar-refractivity contribution in [2.24, 2.45) is 5.92 Å². The van der Waals surface area contributed by atoms with Gasteiger partial charge in [0.1, 0.15) is 16.4 Å². The molecule has 0 N–H and O–H groups in total. The van der Waals surface area contributed by atoms with Gasteiger partial charge < -0.3 is 9.64 Å². The summed E-state index contributed by atoms with van der Waals surface area (Å²) in [4.78, 5) is 18.6. The van der Waals surface area contributed by atoms with Crippen molar-refractivity contribution >= 4 is 33.2 Å². The smallest absolute Gasteiger partial charge is 0.308 e. The van der Waals surface area contributed by atoms with E-state index in [1.807, 2.05) is 4.52 Å². The number of esters is 1. The van der Waals surface area contributed by atoms with Crippen molar-refractivity contribution in [1.82, 2.24) is 14.6 Å². The van der Waals surface area contributed by atoms with Crippen molar-refractivity contribution in [3.8, 4) is 0 Å². The Balaban J connectivity index is 1.96. The fourth-order valence-corrected chi connectivity index (χ4v) is 3.95. The summed E-state index contributed by atoms with van der Waals surface area (Å²) in [6.07, 6.45) is 4.08. The number of hydrogen-bond acceptors (Lipinski definition) is 5. The van der Waals surface area contributed by atoms with Gasteiger partial charge in [0, 0.05) is 12.6 Å². The largest absolute Gasteiger partial charge is 0.469 e. The van der Waals surface area contributed by atoms with Gasteiger partial charge in [-0.1, -0.05) is 6.92 Å². The summed E-state index contributed by atoms with van der Waals surface area (Å²) >= 11 is 3.56. The summed E-state index contributed by atoms with van der Waals surface area (Å²) in [5.41, 5.74) is 2.26. The first-order chi connectivity index (χ1) is 11.1. The zero-order chi connectivity index (χ0) is 16.6. The zero-order valence-corrected chi connectivity index (χ0v) is 15.2. The standard InChI is InChI=1S/C16H21BrN4O2/c1-4-11-8-13(17)21-14(11)15(18-9-19-21)20-6-5-12(7-10(20)2)16(22)23-3/h8-10,12H,4-7H2,1-3H3/t10-,12-/m0/s1. The fraction of sp³-hybridized carbons (Fsp3) is 0.562. The number of methoxy groups -OCH3 is 1. The summed E-state index contributed by atoms with van der Waals surface area (Å²) in [5, 5.41) is 4.34. The first-order valence-corrected chi connectivity index (χ1v) is 8.71. The van der Waals surface area contributed by atoms with Gasteiger partial charge in [0.25, 0.3) is 0 Å². The molecule has 0 aromatic carbocycles. The quantitative estimate of drug-likeness (QED) is 0.766. The lowest BCUT2D eigenvalue weighted by Crippen LogP contribution is -2.43. The van der Waals surface area contributed by atoms with Gasteiger partial charge in [0.15, 0.2) is 5.82 Å². The van der Waals surface area contributed by atoms with E-state index in [9.17, 15) is 4.79 Å². The van der Waals surface area contributed by atoms with Crippen molar-refractivity contribution in [3.63, 3.8) is 0 Å². The molecular formula is C16H21BrN4O2. The number of fused-ring (bicyclic) bond motifs is 1. The second-order valence-corrected chi connectivity index (χ2v) is 6.79. The number of rotatable bonds is 3. The molecule has 6 nitrogen and oxygen atoms in total. The Labute approximate surface area is 144 Å². The third kappa shape index (κ3) is 2.82. The highest BCUT2D eigenvalue weighted by Crippen LogP contribution is 2.33. The molecule has 0 amide bonds. The maximum atomic E-state index is 11.8. The molecule has 7 heteroatoms. The average molecular weight is 381 g/mol. The van der Waals surface area contributed by atoms with Crippen molar-refractivity contribution < 1.29 is 9.53 Å². The molecule has 0 bridgehead atoms. The van der Waals surface area contributed by atoms with E-state index in [0.29, 0.717) is 0 Å². The summed E-state index contributed by atoms with van der Waals surface area (Å²) in [5.74, 6) is 0.815. The number of carbonyl (C=O) groups excluding carboxylic acids is 1. The molecule has 0 radical (unpaired) electrons. The molecule has 2 aromatic heterocycles. The van der Waals surface area contributed by atoms with E-state index in [1.54, 1.807) is 6.33 Å². The Morgan fingerprint density at radius 2 is 2.30 bits per heavy atom. The Morgan fingerprint density at radius 3 is 2.96 bits per heavy atom. The molecule has 1 aliphatic rings. The van der Waals surface area contributed by atoms with Crippen molar-refractivity contribution in [3.05, 3.63) is 22.6 Å². The SMILES string of the molecule is CCc1cc(Br)n2ncnc(N3CC[C@H](C(=O)OC)C[C@@H]3C)c12. The van der Waals surface area contributed by atoms with E-state index in [2.05, 4.69) is 50.8 Å². The number of nitrogens with zero attached hydrogens (tertiary/aromatic N) is 4. The molecule has 1 saturated heterocycles. The van der Waals surface area contributed by atoms with Crippen LogP contribution in [0, 0.1) is 5.92 Å². The van der Waals surface area contributed by atoms with Crippen LogP contribution in [-0.2, 0) is 16.0 Å². The number of aryl methyl sites for hydroxylation is 1. The second kappa shape index (κ2) is 6.47. The lowest BCUT2D eigenvalue weighted by Gasteiger charge is -2.37. The fourth-order valence-electron chi connectivity index (χ4n) is 3.41. The Kier molecular flexibility index (Phi) is 4.57. The van der Waals surface area contributed by atoms with Crippen LogP contribution in [0.3, 0.4) is 0 Å². The van der Waals surface area contributed by atoms with Crippen molar-refractivity contribution in [2.45, 2.75) is 39.2 Å². The van der Waals surface area contributed by atoms with Crippen molar-refractivity contribution in [1.29, 1.82) is 0 Å². The molecule has 0 unspecified atom stereocenters. The molecule has 1 aliphatic heterocycles. The van der Waals surface area contributed by atoms with E-state index < -0.39 is 0 Å². The van der Waals surface area contributed by atoms with E-state index in [4.69, 9.17) is 4.74 Å². The molecule has 0 aliphatic carbocycles. The van der Waals surface area contributed by atoms with Crippen LogP contribution in [0.4, 0.5) is 5.82 Å². The Hall–Kier alpha value is -1.63. The lowest BCUT2D eigenvalue weighted by molar-refractivity contribution is -0.146. The first kappa shape index (κ1) is 16.2. The molecule has 3 rings (SSSR count). The summed E-state index contributed by atoms with van der Waals surface area (Å²) < 4.78 is 7.72. The second-order valence-electron chi connectivity index (χ2n) is 5.98. The van der Waals surface area contributed by atoms with Crippen LogP contribution < -0.4 is 4.90 Å². The van der Waals surface area contributed by atoms with Gasteiger partial charge in [0.05, 0.1) is 13.0 Å². The van der Waals surface area contributed by atoms with Crippen LogP contribution >= 0.6 is 15.9 Å². The zero-order valence-electron chi connectivity index (χ0n) is 13.6. The van der Waals surface area contributed by atoms with Gasteiger partial charge in [-0.05, 0) is 53.7 Å². The van der Waals surface area contributed by atoms with Crippen LogP contribution in [0.15, 0.2) is 17.0 Å². The van der Waals surface area contributed by atoms with Gasteiger partial charge in [-0.2, -0.15) is 5.10 Å². The topological polar surface area (TPSA) is 59.7 Å². The summed E-state index contributed by atoms with van der Waals surface area (Å²) in [6, 6.07) is 2.32. The predicted molar refractivity (Wildman–Crippen MR) is 91.6 cm³/mol. The van der Waals surface area contributed by atoms with Gasteiger partial charge >= 0.3 is 5.97 Å². The van der Waals surface area contributed by atoms with Gasteiger partial charge in [0.2, 0.25) is 0 Å². The van der Waals surface area contributed by atoms with Gasteiger partial charge in [-0.25, -0.2) is 9.50 Å². The molecule has 2 atom stereocenters. The number of aromatic nitrogens is 3. The van der Waals surface area contributed by atoms with Crippen LogP contribution in [0.1, 0.15) is 32.3 Å². The maximum Gasteiger partial charge on any atom is 0.308 e. The van der Waals surface area contributed by atoms with Crippen LogP contribution in [0.25, 0.3) is 5.52 Å². The number of carbonyl (C=O) groups is 1. The molecule has 23 heavy (non-hydrogen) atoms. The van der Waals surface area contributed by atoms with Gasteiger partial charge in [-0.15, -0.1) is 0 Å². The Morgan fingerprint density at radius 1 is 1.52 bits per heavy atom. The first-order valence-electron chi connectivity index (χ1n) is 7.92. The van der Waals surface area contributed by atoms with Crippen LogP contribution in [-0.4, -0.2) is 40.3 Å². The van der Waals surface area contributed by atoms with E-state index in [-0.39, 0.29) is 17.9 Å². The summed E-state index contributed by atoms with van der Waals surface area (Å²) in [6.45, 7) is 5.06.